The first-order valence-corrected chi connectivity index (χ1v) is 7.40. The summed E-state index contributed by atoms with van der Waals surface area (Å²) in [7, 11) is 0. The van der Waals surface area contributed by atoms with Gasteiger partial charge in [-0.15, -0.1) is 0 Å². The first-order chi connectivity index (χ1) is 10.1. The zero-order valence-corrected chi connectivity index (χ0v) is 12.6. The third-order valence-corrected chi connectivity index (χ3v) is 4.23. The quantitative estimate of drug-likeness (QED) is 0.755. The molecule has 0 aliphatic rings. The van der Waals surface area contributed by atoms with E-state index in [0.29, 0.717) is 12.2 Å². The molecule has 21 heavy (non-hydrogen) atoms. The van der Waals surface area contributed by atoms with E-state index in [0.717, 1.165) is 28.3 Å². The third-order valence-electron chi connectivity index (χ3n) is 3.46. The van der Waals surface area contributed by atoms with E-state index < -0.39 is 0 Å². The molecule has 0 bridgehead atoms. The molecule has 0 amide bonds. The summed E-state index contributed by atoms with van der Waals surface area (Å²) in [5.74, 6) is 0.740. The fourth-order valence-electron chi connectivity index (χ4n) is 2.29. The van der Waals surface area contributed by atoms with Gasteiger partial charge in [0.05, 0.1) is 17.9 Å². The molecule has 6 heteroatoms. The van der Waals surface area contributed by atoms with E-state index in [1.807, 2.05) is 43.5 Å². The SMILES string of the molecule is Cc1noc(C)c1Cn1c(-c2cccc(N)c2)csc1=O. The van der Waals surface area contributed by atoms with Crippen LogP contribution in [0.3, 0.4) is 0 Å². The molecule has 0 radical (unpaired) electrons. The van der Waals surface area contributed by atoms with Crippen molar-refractivity contribution in [2.45, 2.75) is 20.4 Å². The smallest absolute Gasteiger partial charge is 0.307 e. The number of nitrogens with zero attached hydrogens (tertiary/aromatic N) is 2. The highest BCUT2D eigenvalue weighted by Crippen LogP contribution is 2.24. The van der Waals surface area contributed by atoms with Crippen LogP contribution in [0.1, 0.15) is 17.0 Å². The van der Waals surface area contributed by atoms with Gasteiger partial charge in [0.25, 0.3) is 0 Å². The van der Waals surface area contributed by atoms with E-state index in [-0.39, 0.29) is 4.87 Å². The molecule has 2 aromatic heterocycles. The van der Waals surface area contributed by atoms with Crippen molar-refractivity contribution in [3.05, 3.63) is 56.3 Å². The van der Waals surface area contributed by atoms with Crippen LogP contribution in [0.4, 0.5) is 5.69 Å². The van der Waals surface area contributed by atoms with E-state index >= 15 is 0 Å². The number of hydrogen-bond donors (Lipinski definition) is 1. The Hall–Kier alpha value is -2.34. The van der Waals surface area contributed by atoms with Gasteiger partial charge in [0, 0.05) is 22.2 Å². The lowest BCUT2D eigenvalue weighted by Gasteiger charge is -2.08. The lowest BCUT2D eigenvalue weighted by Crippen LogP contribution is -2.16. The number of hydrogen-bond acceptors (Lipinski definition) is 5. The number of anilines is 1. The van der Waals surface area contributed by atoms with E-state index in [9.17, 15) is 4.79 Å². The minimum absolute atomic E-state index is 0.00701. The number of thiazole rings is 1. The molecule has 0 unspecified atom stereocenters. The van der Waals surface area contributed by atoms with Crippen LogP contribution in [0.15, 0.2) is 39.0 Å². The van der Waals surface area contributed by atoms with Crippen molar-refractivity contribution in [3.8, 4) is 11.3 Å². The molecule has 108 valence electrons. The van der Waals surface area contributed by atoms with Crippen molar-refractivity contribution < 1.29 is 4.52 Å². The van der Waals surface area contributed by atoms with Gasteiger partial charge in [0.2, 0.25) is 0 Å². The van der Waals surface area contributed by atoms with Crippen molar-refractivity contribution in [2.75, 3.05) is 5.73 Å². The van der Waals surface area contributed by atoms with Gasteiger partial charge in [0.1, 0.15) is 5.76 Å². The highest BCUT2D eigenvalue weighted by atomic mass is 32.1. The van der Waals surface area contributed by atoms with Gasteiger partial charge in [-0.2, -0.15) is 0 Å². The molecule has 0 spiro atoms. The van der Waals surface area contributed by atoms with Crippen molar-refractivity contribution in [1.82, 2.24) is 9.72 Å². The maximum absolute atomic E-state index is 12.1. The minimum atomic E-state index is -0.00701. The molecule has 0 saturated heterocycles. The fraction of sp³-hybridized carbons (Fsp3) is 0.200. The monoisotopic (exact) mass is 301 g/mol. The Morgan fingerprint density at radius 1 is 1.38 bits per heavy atom. The highest BCUT2D eigenvalue weighted by Gasteiger charge is 2.15. The van der Waals surface area contributed by atoms with Gasteiger partial charge in [-0.25, -0.2) is 0 Å². The second-order valence-corrected chi connectivity index (χ2v) is 5.72. The first-order valence-electron chi connectivity index (χ1n) is 6.52. The van der Waals surface area contributed by atoms with Gasteiger partial charge in [-0.1, -0.05) is 28.6 Å². The zero-order chi connectivity index (χ0) is 15.0. The summed E-state index contributed by atoms with van der Waals surface area (Å²) < 4.78 is 6.89. The van der Waals surface area contributed by atoms with Gasteiger partial charge >= 0.3 is 4.87 Å². The zero-order valence-electron chi connectivity index (χ0n) is 11.8. The second-order valence-electron chi connectivity index (χ2n) is 4.90. The van der Waals surface area contributed by atoms with Crippen molar-refractivity contribution in [3.63, 3.8) is 0 Å². The summed E-state index contributed by atoms with van der Waals surface area (Å²) in [5, 5.41) is 5.79. The lowest BCUT2D eigenvalue weighted by atomic mass is 10.1. The molecule has 2 N–H and O–H groups in total. The van der Waals surface area contributed by atoms with E-state index in [1.165, 1.54) is 11.3 Å². The molecule has 1 aromatic carbocycles. The summed E-state index contributed by atoms with van der Waals surface area (Å²) >= 11 is 1.18. The van der Waals surface area contributed by atoms with Crippen LogP contribution < -0.4 is 10.6 Å². The predicted octanol–water partition coefficient (Wildman–Crippen LogP) is 2.81. The highest BCUT2D eigenvalue weighted by molar-refractivity contribution is 7.07. The van der Waals surface area contributed by atoms with Crippen LogP contribution in [-0.4, -0.2) is 9.72 Å². The number of nitrogens with two attached hydrogens (primary N) is 1. The number of aromatic nitrogens is 2. The van der Waals surface area contributed by atoms with Crippen LogP contribution in [0, 0.1) is 13.8 Å². The number of rotatable bonds is 3. The molecule has 3 aromatic rings. The molecular weight excluding hydrogens is 286 g/mol. The standard InChI is InChI=1S/C15H15N3O2S/c1-9-13(10(2)20-17-9)7-18-14(8-21-15(18)19)11-4-3-5-12(16)6-11/h3-6,8H,7,16H2,1-2H3. The minimum Gasteiger partial charge on any atom is -0.399 e. The molecule has 3 rings (SSSR count). The molecule has 0 fully saturated rings. The number of nitrogen functional groups attached to an aromatic ring is 1. The predicted molar refractivity (Wildman–Crippen MR) is 83.5 cm³/mol. The molecular formula is C15H15N3O2S. The average Bonchev–Trinajstić information content (AvgIpc) is 2.97. The summed E-state index contributed by atoms with van der Waals surface area (Å²) in [6.45, 7) is 4.18. The molecule has 2 heterocycles. The van der Waals surface area contributed by atoms with E-state index in [2.05, 4.69) is 5.16 Å². The Morgan fingerprint density at radius 3 is 2.86 bits per heavy atom. The molecule has 5 nitrogen and oxygen atoms in total. The molecule has 0 atom stereocenters. The Balaban J connectivity index is 2.08. The largest absolute Gasteiger partial charge is 0.399 e. The van der Waals surface area contributed by atoms with Gasteiger partial charge in [0.15, 0.2) is 0 Å². The Labute approximate surface area is 125 Å². The van der Waals surface area contributed by atoms with Gasteiger partial charge in [-0.05, 0) is 26.0 Å². The van der Waals surface area contributed by atoms with Crippen LogP contribution in [0.5, 0.6) is 0 Å². The van der Waals surface area contributed by atoms with E-state index in [4.69, 9.17) is 10.3 Å². The molecule has 0 aliphatic carbocycles. The summed E-state index contributed by atoms with van der Waals surface area (Å²) in [6, 6.07) is 7.52. The summed E-state index contributed by atoms with van der Waals surface area (Å²) in [5.41, 5.74) is 10.0. The fourth-order valence-corrected chi connectivity index (χ4v) is 3.06. The van der Waals surface area contributed by atoms with Crippen LogP contribution in [0.25, 0.3) is 11.3 Å². The molecule has 0 aliphatic heterocycles. The molecule has 0 saturated carbocycles. The van der Waals surface area contributed by atoms with Gasteiger partial charge < -0.3 is 10.3 Å². The normalized spacial score (nSPS) is 11.0. The summed E-state index contributed by atoms with van der Waals surface area (Å²) in [4.78, 5) is 12.1. The third kappa shape index (κ3) is 2.50. The summed E-state index contributed by atoms with van der Waals surface area (Å²) in [6.07, 6.45) is 0. The Kier molecular flexibility index (Phi) is 3.39. The van der Waals surface area contributed by atoms with Crippen molar-refractivity contribution in [1.29, 1.82) is 0 Å². The topological polar surface area (TPSA) is 74.1 Å². The maximum atomic E-state index is 12.1. The first kappa shape index (κ1) is 13.6. The van der Waals surface area contributed by atoms with Crippen LogP contribution >= 0.6 is 11.3 Å². The number of aryl methyl sites for hydroxylation is 2. The average molecular weight is 301 g/mol. The number of benzene rings is 1. The van der Waals surface area contributed by atoms with E-state index in [1.54, 1.807) is 4.57 Å². The van der Waals surface area contributed by atoms with Crippen LogP contribution in [-0.2, 0) is 6.54 Å². The van der Waals surface area contributed by atoms with Crippen LogP contribution in [0.2, 0.25) is 0 Å². The Morgan fingerprint density at radius 2 is 2.19 bits per heavy atom. The maximum Gasteiger partial charge on any atom is 0.307 e. The van der Waals surface area contributed by atoms with Crippen molar-refractivity contribution in [2.24, 2.45) is 0 Å². The lowest BCUT2D eigenvalue weighted by molar-refractivity contribution is 0.392. The Bertz CT molecular complexity index is 825. The van der Waals surface area contributed by atoms with Crippen molar-refractivity contribution >= 4 is 17.0 Å². The van der Waals surface area contributed by atoms with Gasteiger partial charge in [-0.3, -0.25) is 9.36 Å². The second kappa shape index (κ2) is 5.21.